The zero-order valence-electron chi connectivity index (χ0n) is 15.0. The number of carbonyl (C=O) groups is 1. The molecule has 1 aromatic carbocycles. The van der Waals surface area contributed by atoms with Gasteiger partial charge in [-0.15, -0.1) is 0 Å². The number of fused-ring (bicyclic) bond motifs is 1. The molecule has 0 fully saturated rings. The van der Waals surface area contributed by atoms with Gasteiger partial charge in [0.05, 0.1) is 29.0 Å². The Kier molecular flexibility index (Phi) is 5.09. The van der Waals surface area contributed by atoms with Gasteiger partial charge in [-0.2, -0.15) is 0 Å². The molecule has 0 spiro atoms. The molecule has 2 heterocycles. The molecule has 0 amide bonds. The van der Waals surface area contributed by atoms with Crippen LogP contribution in [-0.4, -0.2) is 35.9 Å². The van der Waals surface area contributed by atoms with Gasteiger partial charge in [-0.3, -0.25) is 0 Å². The van der Waals surface area contributed by atoms with Crippen molar-refractivity contribution in [3.05, 3.63) is 59.4 Å². The van der Waals surface area contributed by atoms with E-state index in [1.165, 1.54) is 19.4 Å². The molecule has 8 heteroatoms. The summed E-state index contributed by atoms with van der Waals surface area (Å²) < 4.78 is 29.4. The highest BCUT2D eigenvalue weighted by molar-refractivity contribution is 7.94. The summed E-state index contributed by atoms with van der Waals surface area (Å²) in [6.45, 7) is 6.98. The van der Waals surface area contributed by atoms with Gasteiger partial charge in [-0.05, 0) is 25.5 Å². The van der Waals surface area contributed by atoms with E-state index in [-0.39, 0.29) is 17.3 Å². The Balaban J connectivity index is 2.11. The first-order valence-corrected chi connectivity index (χ1v) is 9.95. The van der Waals surface area contributed by atoms with Gasteiger partial charge in [0, 0.05) is 16.7 Å². The van der Waals surface area contributed by atoms with Gasteiger partial charge in [0.15, 0.2) is 9.84 Å². The van der Waals surface area contributed by atoms with E-state index >= 15 is 0 Å². The molecule has 140 valence electrons. The molecular weight excluding hydrogens is 366 g/mol. The van der Waals surface area contributed by atoms with Gasteiger partial charge in [0.1, 0.15) is 12.0 Å². The maximum atomic E-state index is 12.2. The number of aromatic nitrogens is 3. The van der Waals surface area contributed by atoms with Gasteiger partial charge >= 0.3 is 5.97 Å². The highest BCUT2D eigenvalue weighted by Gasteiger charge is 2.19. The monoisotopic (exact) mass is 385 g/mol. The molecule has 0 radical (unpaired) electrons. The standard InChI is InChI=1S/C19H19N3O4S/c1-4-26-19(23)15-9-20-18-16(15)17(21-11-22-18)14-7-5-6-13(8-14)10-27(24,25)12(2)3/h5-9,11H,2,4,10H2,1,3H3,(H,20,21,22). The molecule has 0 aliphatic carbocycles. The molecule has 3 aromatic rings. The second-order valence-electron chi connectivity index (χ2n) is 6.03. The molecule has 0 saturated heterocycles. The highest BCUT2D eigenvalue weighted by Crippen LogP contribution is 2.29. The van der Waals surface area contributed by atoms with Crippen LogP contribution in [0.3, 0.4) is 0 Å². The maximum Gasteiger partial charge on any atom is 0.340 e. The number of ether oxygens (including phenoxy) is 1. The zero-order valence-corrected chi connectivity index (χ0v) is 15.8. The summed E-state index contributed by atoms with van der Waals surface area (Å²) in [5.41, 5.74) is 2.65. The second-order valence-corrected chi connectivity index (χ2v) is 8.25. The Morgan fingerprint density at radius 1 is 1.30 bits per heavy atom. The first kappa shape index (κ1) is 18.8. The summed E-state index contributed by atoms with van der Waals surface area (Å²) in [6, 6.07) is 7.03. The number of H-pyrrole nitrogens is 1. The lowest BCUT2D eigenvalue weighted by molar-refractivity contribution is 0.0528. The summed E-state index contributed by atoms with van der Waals surface area (Å²) in [5, 5.41) is 0.538. The molecule has 0 bridgehead atoms. The minimum absolute atomic E-state index is 0.118. The van der Waals surface area contributed by atoms with E-state index in [0.29, 0.717) is 33.4 Å². The average molecular weight is 385 g/mol. The molecule has 0 aliphatic heterocycles. The van der Waals surface area contributed by atoms with E-state index in [0.717, 1.165) is 0 Å². The largest absolute Gasteiger partial charge is 0.462 e. The molecule has 0 unspecified atom stereocenters. The van der Waals surface area contributed by atoms with Crippen LogP contribution in [0.2, 0.25) is 0 Å². The molecule has 27 heavy (non-hydrogen) atoms. The number of esters is 1. The summed E-state index contributed by atoms with van der Waals surface area (Å²) in [4.78, 5) is 23.8. The third kappa shape index (κ3) is 3.75. The minimum Gasteiger partial charge on any atom is -0.462 e. The fourth-order valence-electron chi connectivity index (χ4n) is 2.70. The van der Waals surface area contributed by atoms with Crippen molar-refractivity contribution in [2.45, 2.75) is 19.6 Å². The molecule has 0 atom stereocenters. The number of aromatic amines is 1. The minimum atomic E-state index is -3.42. The van der Waals surface area contributed by atoms with Crippen LogP contribution >= 0.6 is 0 Å². The first-order valence-electron chi connectivity index (χ1n) is 8.30. The van der Waals surface area contributed by atoms with Gasteiger partial charge < -0.3 is 9.72 Å². The average Bonchev–Trinajstić information content (AvgIpc) is 3.06. The number of nitrogens with zero attached hydrogens (tertiary/aromatic N) is 2. The summed E-state index contributed by atoms with van der Waals surface area (Å²) in [5.74, 6) is -0.622. The lowest BCUT2D eigenvalue weighted by Crippen LogP contribution is -2.05. The fourth-order valence-corrected chi connectivity index (χ4v) is 3.57. The van der Waals surface area contributed by atoms with Crippen molar-refractivity contribution in [3.63, 3.8) is 0 Å². The van der Waals surface area contributed by atoms with E-state index in [2.05, 4.69) is 21.5 Å². The lowest BCUT2D eigenvalue weighted by Gasteiger charge is -2.08. The van der Waals surface area contributed by atoms with Gasteiger partial charge in [-0.25, -0.2) is 23.2 Å². The number of benzene rings is 1. The number of rotatable bonds is 6. The Hall–Kier alpha value is -3.00. The first-order chi connectivity index (χ1) is 12.8. The van der Waals surface area contributed by atoms with E-state index in [1.807, 2.05) is 0 Å². The zero-order chi connectivity index (χ0) is 19.6. The van der Waals surface area contributed by atoms with Gasteiger partial charge in [0.2, 0.25) is 0 Å². The summed E-state index contributed by atoms with van der Waals surface area (Å²) in [6.07, 6.45) is 2.93. The smallest absolute Gasteiger partial charge is 0.340 e. The van der Waals surface area contributed by atoms with Crippen molar-refractivity contribution in [3.8, 4) is 11.3 Å². The fraction of sp³-hybridized carbons (Fsp3) is 0.211. The quantitative estimate of drug-likeness (QED) is 0.654. The van der Waals surface area contributed by atoms with Crippen LogP contribution in [0.1, 0.15) is 29.8 Å². The SMILES string of the molecule is C=C(C)S(=O)(=O)Cc1cccc(-c2ncnc3[nH]cc(C(=O)OCC)c23)c1. The predicted molar refractivity (Wildman–Crippen MR) is 103 cm³/mol. The van der Waals surface area contributed by atoms with Crippen molar-refractivity contribution in [1.29, 1.82) is 0 Å². The van der Waals surface area contributed by atoms with Gasteiger partial charge in [-0.1, -0.05) is 24.8 Å². The number of allylic oxidation sites excluding steroid dienone is 1. The van der Waals surface area contributed by atoms with Crippen LogP contribution in [0.4, 0.5) is 0 Å². The molecular formula is C19H19N3O4S. The number of hydrogen-bond donors (Lipinski definition) is 1. The summed E-state index contributed by atoms with van der Waals surface area (Å²) in [7, 11) is -3.42. The number of nitrogens with one attached hydrogen (secondary N) is 1. The third-order valence-corrected chi connectivity index (χ3v) is 5.83. The molecule has 7 nitrogen and oxygen atoms in total. The number of sulfone groups is 1. The molecule has 0 saturated carbocycles. The Morgan fingerprint density at radius 3 is 2.78 bits per heavy atom. The Bertz CT molecular complexity index is 1130. The Labute approximate surface area is 157 Å². The molecule has 2 aromatic heterocycles. The van der Waals surface area contributed by atoms with Crippen LogP contribution in [0.25, 0.3) is 22.3 Å². The Morgan fingerprint density at radius 2 is 2.07 bits per heavy atom. The lowest BCUT2D eigenvalue weighted by atomic mass is 10.0. The summed E-state index contributed by atoms with van der Waals surface area (Å²) >= 11 is 0. The van der Waals surface area contributed by atoms with E-state index in [9.17, 15) is 13.2 Å². The molecule has 1 N–H and O–H groups in total. The van der Waals surface area contributed by atoms with Crippen LogP contribution in [0.5, 0.6) is 0 Å². The molecule has 0 aliphatic rings. The van der Waals surface area contributed by atoms with Crippen molar-refractivity contribution in [1.82, 2.24) is 15.0 Å². The predicted octanol–water partition coefficient (Wildman–Crippen LogP) is 3.25. The van der Waals surface area contributed by atoms with Crippen molar-refractivity contribution in [2.75, 3.05) is 6.61 Å². The van der Waals surface area contributed by atoms with Crippen LogP contribution in [-0.2, 0) is 20.3 Å². The third-order valence-electron chi connectivity index (χ3n) is 4.05. The van der Waals surface area contributed by atoms with E-state index in [1.54, 1.807) is 31.2 Å². The number of carbonyl (C=O) groups excluding carboxylic acids is 1. The topological polar surface area (TPSA) is 102 Å². The molecule has 3 rings (SSSR count). The highest BCUT2D eigenvalue weighted by atomic mass is 32.2. The van der Waals surface area contributed by atoms with Crippen molar-refractivity contribution >= 4 is 26.8 Å². The maximum absolute atomic E-state index is 12.2. The second kappa shape index (κ2) is 7.32. The van der Waals surface area contributed by atoms with Crippen molar-refractivity contribution < 1.29 is 17.9 Å². The van der Waals surface area contributed by atoms with E-state index < -0.39 is 15.8 Å². The van der Waals surface area contributed by atoms with Crippen LogP contribution in [0, 0.1) is 0 Å². The van der Waals surface area contributed by atoms with Crippen molar-refractivity contribution in [2.24, 2.45) is 0 Å². The van der Waals surface area contributed by atoms with Gasteiger partial charge in [0.25, 0.3) is 0 Å². The van der Waals surface area contributed by atoms with E-state index in [4.69, 9.17) is 4.74 Å². The normalized spacial score (nSPS) is 11.5. The van der Waals surface area contributed by atoms with Crippen LogP contribution in [0.15, 0.2) is 48.3 Å². The van der Waals surface area contributed by atoms with Crippen LogP contribution < -0.4 is 0 Å². The number of hydrogen-bond acceptors (Lipinski definition) is 6.